The first-order chi connectivity index (χ1) is 10.5. The third-order valence-electron chi connectivity index (χ3n) is 3.19. The number of rotatable bonds is 5. The van der Waals surface area contributed by atoms with Gasteiger partial charge in [0, 0.05) is 32.6 Å². The van der Waals surface area contributed by atoms with Crippen LogP contribution in [-0.4, -0.2) is 66.4 Å². The number of urea groups is 1. The van der Waals surface area contributed by atoms with Gasteiger partial charge in [0.05, 0.1) is 23.8 Å². The molecule has 0 saturated carbocycles. The summed E-state index contributed by atoms with van der Waals surface area (Å²) in [5.41, 5.74) is 0.988. The average molecular weight is 452 g/mol. The lowest BCUT2D eigenvalue weighted by Crippen LogP contribution is -2.43. The number of aliphatic imine (C=N–C) groups is 1. The standard InChI is InChI=1S/C13H20N6O2S.HI/c1-9-17-10(8-22-9)7-18(3)12(14-2)15-4-5-19-11(20)6-16-13(19)21;/h8H,4-7H2,1-3H3,(H,14,15)(H,16,21);1H. The van der Waals surface area contributed by atoms with Crippen molar-refractivity contribution in [1.29, 1.82) is 0 Å². The van der Waals surface area contributed by atoms with Crippen molar-refractivity contribution in [2.75, 3.05) is 33.7 Å². The molecule has 2 N–H and O–H groups in total. The monoisotopic (exact) mass is 452 g/mol. The lowest BCUT2D eigenvalue weighted by atomic mass is 10.4. The van der Waals surface area contributed by atoms with Gasteiger partial charge in [0.1, 0.15) is 0 Å². The van der Waals surface area contributed by atoms with E-state index in [1.807, 2.05) is 24.3 Å². The number of carbonyl (C=O) groups excluding carboxylic acids is 2. The Balaban J connectivity index is 0.00000264. The van der Waals surface area contributed by atoms with Gasteiger partial charge in [0.25, 0.3) is 0 Å². The molecule has 8 nitrogen and oxygen atoms in total. The van der Waals surface area contributed by atoms with Crippen LogP contribution in [0.15, 0.2) is 10.4 Å². The summed E-state index contributed by atoms with van der Waals surface area (Å²) in [6.45, 7) is 3.46. The highest BCUT2D eigenvalue weighted by molar-refractivity contribution is 14.0. The molecule has 0 aromatic carbocycles. The zero-order chi connectivity index (χ0) is 16.1. The van der Waals surface area contributed by atoms with Crippen LogP contribution in [0.3, 0.4) is 0 Å². The first-order valence-electron chi connectivity index (χ1n) is 6.92. The molecule has 1 aliphatic rings. The van der Waals surface area contributed by atoms with Gasteiger partial charge in [-0.2, -0.15) is 0 Å². The summed E-state index contributed by atoms with van der Waals surface area (Å²) in [4.78, 5) is 34.7. The Bertz CT molecular complexity index is 575. The van der Waals surface area contributed by atoms with Crippen molar-refractivity contribution in [1.82, 2.24) is 25.4 Å². The zero-order valence-corrected chi connectivity index (χ0v) is 16.5. The molecule has 10 heteroatoms. The molecule has 0 unspecified atom stereocenters. The first kappa shape index (κ1) is 19.6. The number of nitrogens with zero attached hydrogens (tertiary/aromatic N) is 4. The first-order valence-corrected chi connectivity index (χ1v) is 7.80. The van der Waals surface area contributed by atoms with Gasteiger partial charge in [0.2, 0.25) is 5.91 Å². The molecule has 0 spiro atoms. The molecule has 0 atom stereocenters. The number of imide groups is 1. The minimum Gasteiger partial charge on any atom is -0.354 e. The number of nitrogens with one attached hydrogen (secondary N) is 2. The van der Waals surface area contributed by atoms with Crippen molar-refractivity contribution in [3.8, 4) is 0 Å². The Hall–Kier alpha value is -1.43. The summed E-state index contributed by atoms with van der Waals surface area (Å²) < 4.78 is 0. The maximum absolute atomic E-state index is 11.5. The van der Waals surface area contributed by atoms with E-state index in [2.05, 4.69) is 20.6 Å². The summed E-state index contributed by atoms with van der Waals surface area (Å²) in [6, 6.07) is -0.340. The van der Waals surface area contributed by atoms with Crippen LogP contribution in [0.25, 0.3) is 0 Å². The molecule has 1 saturated heterocycles. The lowest BCUT2D eigenvalue weighted by molar-refractivity contribution is -0.124. The number of hydrogen-bond donors (Lipinski definition) is 2. The molecule has 0 aliphatic carbocycles. The quantitative estimate of drug-likeness (QED) is 0.296. The van der Waals surface area contributed by atoms with Gasteiger partial charge in [-0.1, -0.05) is 0 Å². The molecule has 128 valence electrons. The van der Waals surface area contributed by atoms with Crippen LogP contribution in [0.2, 0.25) is 0 Å². The Labute approximate surface area is 156 Å². The van der Waals surface area contributed by atoms with Crippen LogP contribution in [0, 0.1) is 6.92 Å². The minimum atomic E-state index is -0.340. The predicted molar refractivity (Wildman–Crippen MR) is 100 cm³/mol. The highest BCUT2D eigenvalue weighted by Gasteiger charge is 2.27. The minimum absolute atomic E-state index is 0. The summed E-state index contributed by atoms with van der Waals surface area (Å²) in [5, 5.41) is 8.69. The molecule has 1 fully saturated rings. The summed E-state index contributed by atoms with van der Waals surface area (Å²) in [7, 11) is 3.61. The van der Waals surface area contributed by atoms with Crippen molar-refractivity contribution in [3.05, 3.63) is 16.1 Å². The van der Waals surface area contributed by atoms with Gasteiger partial charge < -0.3 is 15.5 Å². The molecule has 1 aliphatic heterocycles. The van der Waals surface area contributed by atoms with Crippen molar-refractivity contribution >= 4 is 53.2 Å². The average Bonchev–Trinajstić information content (AvgIpc) is 3.02. The van der Waals surface area contributed by atoms with Crippen LogP contribution in [0.4, 0.5) is 4.79 Å². The second kappa shape index (κ2) is 9.01. The van der Waals surface area contributed by atoms with E-state index < -0.39 is 0 Å². The predicted octanol–water partition coefficient (Wildman–Crippen LogP) is 0.629. The van der Waals surface area contributed by atoms with E-state index in [-0.39, 0.29) is 42.5 Å². The van der Waals surface area contributed by atoms with E-state index in [1.54, 1.807) is 18.4 Å². The Morgan fingerprint density at radius 1 is 1.57 bits per heavy atom. The molecular weight excluding hydrogens is 431 g/mol. The fourth-order valence-electron chi connectivity index (χ4n) is 2.14. The zero-order valence-electron chi connectivity index (χ0n) is 13.3. The van der Waals surface area contributed by atoms with E-state index in [4.69, 9.17) is 0 Å². The third-order valence-corrected chi connectivity index (χ3v) is 4.02. The Kier molecular flexibility index (Phi) is 7.68. The molecule has 1 aromatic rings. The van der Waals surface area contributed by atoms with Crippen LogP contribution in [0.5, 0.6) is 0 Å². The van der Waals surface area contributed by atoms with E-state index in [0.717, 1.165) is 10.7 Å². The maximum Gasteiger partial charge on any atom is 0.324 e. The largest absolute Gasteiger partial charge is 0.354 e. The molecule has 1 aromatic heterocycles. The molecule has 3 amide bonds. The van der Waals surface area contributed by atoms with E-state index in [9.17, 15) is 9.59 Å². The fourth-order valence-corrected chi connectivity index (χ4v) is 2.75. The number of halogens is 1. The molecule has 2 heterocycles. The molecule has 2 rings (SSSR count). The van der Waals surface area contributed by atoms with Gasteiger partial charge >= 0.3 is 6.03 Å². The van der Waals surface area contributed by atoms with Crippen LogP contribution < -0.4 is 10.6 Å². The number of aromatic nitrogens is 1. The van der Waals surface area contributed by atoms with Gasteiger partial charge in [-0.15, -0.1) is 35.3 Å². The highest BCUT2D eigenvalue weighted by Crippen LogP contribution is 2.09. The maximum atomic E-state index is 11.5. The number of amides is 3. The van der Waals surface area contributed by atoms with E-state index in [0.29, 0.717) is 25.6 Å². The van der Waals surface area contributed by atoms with Gasteiger partial charge in [0.15, 0.2) is 5.96 Å². The Morgan fingerprint density at radius 2 is 2.30 bits per heavy atom. The molecule has 0 bridgehead atoms. The fraction of sp³-hybridized carbons (Fsp3) is 0.538. The number of thiazole rings is 1. The van der Waals surface area contributed by atoms with Crippen molar-refractivity contribution in [2.45, 2.75) is 13.5 Å². The molecule has 23 heavy (non-hydrogen) atoms. The summed E-state index contributed by atoms with van der Waals surface area (Å²) in [5.74, 6) is 0.491. The number of guanidine groups is 1. The normalized spacial score (nSPS) is 14.6. The van der Waals surface area contributed by atoms with Crippen molar-refractivity contribution in [2.24, 2.45) is 4.99 Å². The Morgan fingerprint density at radius 3 is 2.83 bits per heavy atom. The lowest BCUT2D eigenvalue weighted by Gasteiger charge is -2.22. The molecular formula is C13H21IN6O2S. The number of carbonyl (C=O) groups is 2. The van der Waals surface area contributed by atoms with Crippen molar-refractivity contribution < 1.29 is 9.59 Å². The second-order valence-corrected chi connectivity index (χ2v) is 5.95. The van der Waals surface area contributed by atoms with Crippen molar-refractivity contribution in [3.63, 3.8) is 0 Å². The van der Waals surface area contributed by atoms with Gasteiger partial charge in [-0.3, -0.25) is 14.7 Å². The van der Waals surface area contributed by atoms with Crippen LogP contribution >= 0.6 is 35.3 Å². The van der Waals surface area contributed by atoms with Gasteiger partial charge in [-0.25, -0.2) is 9.78 Å². The topological polar surface area (TPSA) is 89.9 Å². The van der Waals surface area contributed by atoms with E-state index in [1.165, 1.54) is 4.90 Å². The van der Waals surface area contributed by atoms with Gasteiger partial charge in [-0.05, 0) is 6.92 Å². The smallest absolute Gasteiger partial charge is 0.324 e. The number of aryl methyl sites for hydroxylation is 1. The summed E-state index contributed by atoms with van der Waals surface area (Å²) in [6.07, 6.45) is 0. The molecule has 0 radical (unpaired) electrons. The van der Waals surface area contributed by atoms with E-state index >= 15 is 0 Å². The summed E-state index contributed by atoms with van der Waals surface area (Å²) >= 11 is 1.61. The number of hydrogen-bond acceptors (Lipinski definition) is 5. The second-order valence-electron chi connectivity index (χ2n) is 4.89. The third kappa shape index (κ3) is 5.30. The SMILES string of the molecule is CN=C(NCCN1C(=O)CNC1=O)N(C)Cc1csc(C)n1.I. The van der Waals surface area contributed by atoms with Crippen LogP contribution in [-0.2, 0) is 11.3 Å². The van der Waals surface area contributed by atoms with Crippen LogP contribution in [0.1, 0.15) is 10.7 Å². The highest BCUT2D eigenvalue weighted by atomic mass is 127.